The molecule has 1 unspecified atom stereocenters. The molecule has 1 fully saturated rings. The minimum atomic E-state index is -0.208. The number of hydrogen-bond acceptors (Lipinski definition) is 2. The van der Waals surface area contributed by atoms with Crippen molar-refractivity contribution < 1.29 is 9.59 Å². The Morgan fingerprint density at radius 1 is 1.21 bits per heavy atom. The number of amides is 2. The van der Waals surface area contributed by atoms with E-state index in [2.05, 4.69) is 26.8 Å². The molecule has 1 atom stereocenters. The average molecular weight is 330 g/mol. The number of para-hydroxylation sites is 1. The van der Waals surface area contributed by atoms with Gasteiger partial charge >= 0.3 is 0 Å². The van der Waals surface area contributed by atoms with Crippen LogP contribution >= 0.6 is 0 Å². The number of benzene rings is 1. The van der Waals surface area contributed by atoms with Crippen LogP contribution < -0.4 is 4.90 Å². The Morgan fingerprint density at radius 3 is 2.46 bits per heavy atom. The Kier molecular flexibility index (Phi) is 6.41. The summed E-state index contributed by atoms with van der Waals surface area (Å²) in [6.45, 7) is 10.4. The Morgan fingerprint density at radius 2 is 1.88 bits per heavy atom. The van der Waals surface area contributed by atoms with Crippen molar-refractivity contribution in [2.45, 2.75) is 53.4 Å². The third-order valence-corrected chi connectivity index (χ3v) is 4.75. The summed E-state index contributed by atoms with van der Waals surface area (Å²) in [5.41, 5.74) is 3.29. The molecule has 0 radical (unpaired) electrons. The van der Waals surface area contributed by atoms with E-state index in [0.29, 0.717) is 13.0 Å². The summed E-state index contributed by atoms with van der Waals surface area (Å²) in [4.78, 5) is 29.2. The summed E-state index contributed by atoms with van der Waals surface area (Å²) < 4.78 is 0. The van der Waals surface area contributed by atoms with Gasteiger partial charge in [0.05, 0.1) is 5.92 Å². The fourth-order valence-corrected chi connectivity index (χ4v) is 3.61. The monoisotopic (exact) mass is 330 g/mol. The van der Waals surface area contributed by atoms with Crippen LogP contribution in [-0.4, -0.2) is 36.3 Å². The quantitative estimate of drug-likeness (QED) is 0.767. The molecule has 1 aliphatic heterocycles. The molecule has 0 aliphatic carbocycles. The van der Waals surface area contributed by atoms with Gasteiger partial charge in [-0.1, -0.05) is 39.0 Å². The smallest absolute Gasteiger partial charge is 0.228 e. The van der Waals surface area contributed by atoms with Crippen molar-refractivity contribution >= 4 is 17.5 Å². The van der Waals surface area contributed by atoms with Crippen molar-refractivity contribution in [3.8, 4) is 0 Å². The summed E-state index contributed by atoms with van der Waals surface area (Å²) in [6.07, 6.45) is 3.12. The van der Waals surface area contributed by atoms with Gasteiger partial charge in [-0.05, 0) is 37.3 Å². The maximum absolute atomic E-state index is 12.8. The van der Waals surface area contributed by atoms with Crippen LogP contribution in [0.2, 0.25) is 0 Å². The number of carbonyl (C=O) groups is 2. The lowest BCUT2D eigenvalue weighted by Crippen LogP contribution is -2.38. The lowest BCUT2D eigenvalue weighted by Gasteiger charge is -2.26. The third-order valence-electron chi connectivity index (χ3n) is 4.75. The molecule has 4 heteroatoms. The molecule has 2 rings (SSSR count). The van der Waals surface area contributed by atoms with Gasteiger partial charge in [0.15, 0.2) is 0 Å². The van der Waals surface area contributed by atoms with Gasteiger partial charge in [0.2, 0.25) is 11.8 Å². The number of rotatable bonds is 7. The third kappa shape index (κ3) is 3.80. The summed E-state index contributed by atoms with van der Waals surface area (Å²) in [5.74, 6) is 0.00592. The molecule has 0 spiro atoms. The zero-order chi connectivity index (χ0) is 17.7. The number of aryl methyl sites for hydroxylation is 2. The summed E-state index contributed by atoms with van der Waals surface area (Å²) in [6, 6.07) is 6.15. The van der Waals surface area contributed by atoms with E-state index >= 15 is 0 Å². The molecule has 1 aromatic carbocycles. The molecule has 0 N–H and O–H groups in total. The lowest BCUT2D eigenvalue weighted by molar-refractivity contribution is -0.135. The zero-order valence-electron chi connectivity index (χ0n) is 15.5. The number of nitrogens with zero attached hydrogens (tertiary/aromatic N) is 2. The Hall–Kier alpha value is -1.84. The fraction of sp³-hybridized carbons (Fsp3) is 0.600. The van der Waals surface area contributed by atoms with Gasteiger partial charge in [0, 0.05) is 31.7 Å². The van der Waals surface area contributed by atoms with Crippen LogP contribution in [0.5, 0.6) is 0 Å². The van der Waals surface area contributed by atoms with Gasteiger partial charge in [-0.2, -0.15) is 0 Å². The summed E-state index contributed by atoms with van der Waals surface area (Å²) >= 11 is 0. The molecule has 2 amide bonds. The largest absolute Gasteiger partial charge is 0.342 e. The first kappa shape index (κ1) is 18.5. The van der Waals surface area contributed by atoms with E-state index in [-0.39, 0.29) is 17.7 Å². The van der Waals surface area contributed by atoms with Gasteiger partial charge in [-0.3, -0.25) is 9.59 Å². The molecule has 132 valence electrons. The van der Waals surface area contributed by atoms with Crippen molar-refractivity contribution in [3.05, 3.63) is 29.3 Å². The minimum Gasteiger partial charge on any atom is -0.342 e. The van der Waals surface area contributed by atoms with Gasteiger partial charge in [-0.15, -0.1) is 0 Å². The van der Waals surface area contributed by atoms with E-state index in [1.54, 1.807) is 0 Å². The predicted molar refractivity (Wildman–Crippen MR) is 98.2 cm³/mol. The molecular formula is C20H30N2O2. The van der Waals surface area contributed by atoms with E-state index in [9.17, 15) is 9.59 Å². The van der Waals surface area contributed by atoms with E-state index in [4.69, 9.17) is 0 Å². The van der Waals surface area contributed by atoms with E-state index in [1.165, 1.54) is 5.56 Å². The normalized spacial score (nSPS) is 17.4. The van der Waals surface area contributed by atoms with E-state index < -0.39 is 0 Å². The molecule has 0 aromatic heterocycles. The highest BCUT2D eigenvalue weighted by Crippen LogP contribution is 2.32. The molecular weight excluding hydrogens is 300 g/mol. The zero-order valence-corrected chi connectivity index (χ0v) is 15.5. The molecule has 4 nitrogen and oxygen atoms in total. The van der Waals surface area contributed by atoms with Crippen molar-refractivity contribution in [3.63, 3.8) is 0 Å². The van der Waals surface area contributed by atoms with Crippen LogP contribution in [-0.2, 0) is 16.0 Å². The SMILES string of the molecule is CCCN(CCC)C(=O)C1CC(=O)N(c2c(C)cccc2CC)C1. The standard InChI is InChI=1S/C20H30N2O2/c1-5-11-21(12-6-2)20(24)17-13-18(23)22(14-17)19-15(4)9-8-10-16(19)7-3/h8-10,17H,5-7,11-14H2,1-4H3. The number of hydrogen-bond donors (Lipinski definition) is 0. The Labute approximate surface area is 145 Å². The van der Waals surface area contributed by atoms with E-state index in [0.717, 1.165) is 43.6 Å². The fourth-order valence-electron chi connectivity index (χ4n) is 3.61. The second kappa shape index (κ2) is 8.32. The first-order chi connectivity index (χ1) is 11.5. The molecule has 1 aliphatic rings. The van der Waals surface area contributed by atoms with Crippen LogP contribution in [0.15, 0.2) is 18.2 Å². The highest BCUT2D eigenvalue weighted by Gasteiger charge is 2.37. The van der Waals surface area contributed by atoms with Gasteiger partial charge in [-0.25, -0.2) is 0 Å². The van der Waals surface area contributed by atoms with Crippen molar-refractivity contribution in [1.29, 1.82) is 0 Å². The van der Waals surface area contributed by atoms with Crippen molar-refractivity contribution in [2.24, 2.45) is 5.92 Å². The maximum Gasteiger partial charge on any atom is 0.228 e. The summed E-state index contributed by atoms with van der Waals surface area (Å²) in [5, 5.41) is 0. The molecule has 1 heterocycles. The Bertz CT molecular complexity index is 591. The van der Waals surface area contributed by atoms with Gasteiger partial charge < -0.3 is 9.80 Å². The lowest BCUT2D eigenvalue weighted by atomic mass is 10.0. The average Bonchev–Trinajstić information content (AvgIpc) is 2.95. The van der Waals surface area contributed by atoms with Crippen LogP contribution in [0.1, 0.15) is 51.2 Å². The highest BCUT2D eigenvalue weighted by atomic mass is 16.2. The van der Waals surface area contributed by atoms with E-state index in [1.807, 2.05) is 28.9 Å². The van der Waals surface area contributed by atoms with Crippen LogP contribution in [0, 0.1) is 12.8 Å². The number of carbonyl (C=O) groups excluding carboxylic acids is 2. The van der Waals surface area contributed by atoms with Crippen LogP contribution in [0.25, 0.3) is 0 Å². The first-order valence-corrected chi connectivity index (χ1v) is 9.21. The topological polar surface area (TPSA) is 40.6 Å². The minimum absolute atomic E-state index is 0.0743. The van der Waals surface area contributed by atoms with Crippen LogP contribution in [0.4, 0.5) is 5.69 Å². The molecule has 0 bridgehead atoms. The molecule has 0 saturated carbocycles. The number of anilines is 1. The van der Waals surface area contributed by atoms with Gasteiger partial charge in [0.25, 0.3) is 0 Å². The predicted octanol–water partition coefficient (Wildman–Crippen LogP) is 3.56. The summed E-state index contributed by atoms with van der Waals surface area (Å²) in [7, 11) is 0. The molecule has 24 heavy (non-hydrogen) atoms. The van der Waals surface area contributed by atoms with Crippen LogP contribution in [0.3, 0.4) is 0 Å². The Balaban J connectivity index is 2.21. The van der Waals surface area contributed by atoms with Gasteiger partial charge in [0.1, 0.15) is 0 Å². The highest BCUT2D eigenvalue weighted by molar-refractivity contribution is 6.01. The maximum atomic E-state index is 12.8. The molecule has 1 aromatic rings. The molecule has 1 saturated heterocycles. The first-order valence-electron chi connectivity index (χ1n) is 9.21. The van der Waals surface area contributed by atoms with Crippen molar-refractivity contribution in [2.75, 3.05) is 24.5 Å². The second-order valence-corrected chi connectivity index (χ2v) is 6.67. The second-order valence-electron chi connectivity index (χ2n) is 6.67. The van der Waals surface area contributed by atoms with Crippen molar-refractivity contribution in [1.82, 2.24) is 4.90 Å².